The van der Waals surface area contributed by atoms with Gasteiger partial charge in [-0.15, -0.1) is 0 Å². The van der Waals surface area contributed by atoms with Crippen LogP contribution in [-0.4, -0.2) is 35.1 Å². The van der Waals surface area contributed by atoms with Gasteiger partial charge in [0.15, 0.2) is 0 Å². The number of hydrogen-bond donors (Lipinski definition) is 2. The molecule has 21 heavy (non-hydrogen) atoms. The minimum absolute atomic E-state index is 0.244. The van der Waals surface area contributed by atoms with Crippen LogP contribution >= 0.6 is 0 Å². The number of aromatic carboxylic acids is 1. The van der Waals surface area contributed by atoms with E-state index in [0.717, 1.165) is 25.2 Å². The number of anilines is 1. The summed E-state index contributed by atoms with van der Waals surface area (Å²) >= 11 is 0. The molecule has 1 heterocycles. The average molecular weight is 292 g/mol. The quantitative estimate of drug-likeness (QED) is 0.880. The first-order valence-corrected chi connectivity index (χ1v) is 7.13. The summed E-state index contributed by atoms with van der Waals surface area (Å²) in [7, 11) is 0. The van der Waals surface area contributed by atoms with Crippen molar-refractivity contribution in [2.45, 2.75) is 19.3 Å². The number of fused-ring (bicyclic) bond motifs is 1. The SMILES string of the molecule is O=C(O)c1ccc(NC(=O)N2CC3CCCC3C2)cc1F. The fourth-order valence-corrected chi connectivity index (χ4v) is 3.37. The molecule has 3 rings (SSSR count). The molecule has 5 nitrogen and oxygen atoms in total. The monoisotopic (exact) mass is 292 g/mol. The Hall–Kier alpha value is -2.11. The Kier molecular flexibility index (Phi) is 3.53. The number of carboxylic acid groups (broad SMARTS) is 1. The maximum atomic E-state index is 13.6. The second kappa shape index (κ2) is 5.35. The van der Waals surface area contributed by atoms with Crippen LogP contribution in [0.5, 0.6) is 0 Å². The lowest BCUT2D eigenvalue weighted by Gasteiger charge is -2.18. The number of halogens is 1. The molecule has 0 radical (unpaired) electrons. The summed E-state index contributed by atoms with van der Waals surface area (Å²) < 4.78 is 13.6. The van der Waals surface area contributed by atoms with Crippen LogP contribution < -0.4 is 5.32 Å². The molecule has 1 aromatic carbocycles. The van der Waals surface area contributed by atoms with Crippen LogP contribution in [0.3, 0.4) is 0 Å². The van der Waals surface area contributed by atoms with Crippen molar-refractivity contribution in [3.63, 3.8) is 0 Å². The van der Waals surface area contributed by atoms with E-state index in [1.165, 1.54) is 25.3 Å². The summed E-state index contributed by atoms with van der Waals surface area (Å²) in [5.74, 6) is -0.972. The molecule has 1 aliphatic heterocycles. The first-order chi connectivity index (χ1) is 10.0. The summed E-state index contributed by atoms with van der Waals surface area (Å²) in [6, 6.07) is 3.36. The van der Waals surface area contributed by atoms with Gasteiger partial charge < -0.3 is 15.3 Å². The molecule has 0 bridgehead atoms. The second-order valence-corrected chi connectivity index (χ2v) is 5.79. The van der Waals surface area contributed by atoms with Crippen LogP contribution in [0.2, 0.25) is 0 Å². The highest BCUT2D eigenvalue weighted by Gasteiger charge is 2.38. The Morgan fingerprint density at radius 3 is 2.48 bits per heavy atom. The van der Waals surface area contributed by atoms with Crippen molar-refractivity contribution in [1.82, 2.24) is 4.90 Å². The fraction of sp³-hybridized carbons (Fsp3) is 0.467. The lowest BCUT2D eigenvalue weighted by Crippen LogP contribution is -2.33. The molecule has 2 aliphatic rings. The van der Waals surface area contributed by atoms with Gasteiger partial charge in [-0.2, -0.15) is 0 Å². The van der Waals surface area contributed by atoms with E-state index in [-0.39, 0.29) is 11.7 Å². The van der Waals surface area contributed by atoms with Crippen LogP contribution in [0.25, 0.3) is 0 Å². The van der Waals surface area contributed by atoms with E-state index in [0.29, 0.717) is 11.8 Å². The molecule has 1 saturated carbocycles. The third kappa shape index (κ3) is 2.70. The first-order valence-electron chi connectivity index (χ1n) is 7.13. The molecule has 2 fully saturated rings. The van der Waals surface area contributed by atoms with E-state index in [4.69, 9.17) is 5.11 Å². The summed E-state index contributed by atoms with van der Waals surface area (Å²) in [5.41, 5.74) is -0.122. The number of amides is 2. The van der Waals surface area contributed by atoms with E-state index in [2.05, 4.69) is 5.32 Å². The fourth-order valence-electron chi connectivity index (χ4n) is 3.37. The molecule has 2 amide bonds. The van der Waals surface area contributed by atoms with E-state index >= 15 is 0 Å². The van der Waals surface area contributed by atoms with Gasteiger partial charge in [0.25, 0.3) is 0 Å². The van der Waals surface area contributed by atoms with Crippen molar-refractivity contribution in [3.8, 4) is 0 Å². The smallest absolute Gasteiger partial charge is 0.338 e. The third-order valence-corrected chi connectivity index (χ3v) is 4.46. The minimum atomic E-state index is -1.32. The standard InChI is InChI=1S/C15H17FN2O3/c16-13-6-11(4-5-12(13)14(19)20)17-15(21)18-7-9-2-1-3-10(9)8-18/h4-6,9-10H,1-3,7-8H2,(H,17,21)(H,19,20). The van der Waals surface area contributed by atoms with Gasteiger partial charge in [-0.05, 0) is 42.9 Å². The zero-order chi connectivity index (χ0) is 15.0. The highest BCUT2D eigenvalue weighted by Crippen LogP contribution is 2.37. The maximum absolute atomic E-state index is 13.6. The van der Waals surface area contributed by atoms with Gasteiger partial charge in [-0.25, -0.2) is 14.0 Å². The molecule has 2 unspecified atom stereocenters. The average Bonchev–Trinajstić information content (AvgIpc) is 2.98. The number of carbonyl (C=O) groups excluding carboxylic acids is 1. The number of nitrogens with one attached hydrogen (secondary N) is 1. The molecule has 1 saturated heterocycles. The topological polar surface area (TPSA) is 69.6 Å². The van der Waals surface area contributed by atoms with E-state index < -0.39 is 17.3 Å². The van der Waals surface area contributed by atoms with E-state index in [9.17, 15) is 14.0 Å². The Labute approximate surface area is 121 Å². The number of rotatable bonds is 2. The number of nitrogens with zero attached hydrogens (tertiary/aromatic N) is 1. The highest BCUT2D eigenvalue weighted by molar-refractivity contribution is 5.92. The zero-order valence-electron chi connectivity index (χ0n) is 11.5. The third-order valence-electron chi connectivity index (χ3n) is 4.46. The molecule has 2 N–H and O–H groups in total. The molecule has 1 aromatic rings. The predicted octanol–water partition coefficient (Wildman–Crippen LogP) is 2.79. The van der Waals surface area contributed by atoms with Gasteiger partial charge in [0, 0.05) is 18.8 Å². The number of urea groups is 1. The summed E-state index contributed by atoms with van der Waals surface area (Å²) in [5, 5.41) is 11.4. The molecule has 112 valence electrons. The molecular formula is C15H17FN2O3. The maximum Gasteiger partial charge on any atom is 0.338 e. The first kappa shape index (κ1) is 13.9. The number of benzene rings is 1. The zero-order valence-corrected chi connectivity index (χ0v) is 11.5. The molecule has 0 aromatic heterocycles. The van der Waals surface area contributed by atoms with Gasteiger partial charge in [-0.1, -0.05) is 6.42 Å². The Bertz CT molecular complexity index is 578. The molecule has 0 spiro atoms. The molecule has 1 aliphatic carbocycles. The largest absolute Gasteiger partial charge is 0.478 e. The van der Waals surface area contributed by atoms with Gasteiger partial charge in [0.2, 0.25) is 0 Å². The number of hydrogen-bond acceptors (Lipinski definition) is 2. The van der Waals surface area contributed by atoms with Crippen molar-refractivity contribution in [2.75, 3.05) is 18.4 Å². The van der Waals surface area contributed by atoms with Crippen molar-refractivity contribution < 1.29 is 19.1 Å². The second-order valence-electron chi connectivity index (χ2n) is 5.79. The minimum Gasteiger partial charge on any atom is -0.478 e. The van der Waals surface area contributed by atoms with E-state index in [1.807, 2.05) is 0 Å². The Balaban J connectivity index is 1.65. The van der Waals surface area contributed by atoms with Gasteiger partial charge in [0.05, 0.1) is 5.56 Å². The van der Waals surface area contributed by atoms with Gasteiger partial charge in [0.1, 0.15) is 5.82 Å². The summed E-state index contributed by atoms with van der Waals surface area (Å²) in [4.78, 5) is 24.7. The van der Waals surface area contributed by atoms with Crippen LogP contribution in [-0.2, 0) is 0 Å². The highest BCUT2D eigenvalue weighted by atomic mass is 19.1. The summed E-state index contributed by atoms with van der Waals surface area (Å²) in [6.45, 7) is 1.51. The normalized spacial score (nSPS) is 24.0. The molecule has 6 heteroatoms. The van der Waals surface area contributed by atoms with Crippen molar-refractivity contribution in [3.05, 3.63) is 29.6 Å². The van der Waals surface area contributed by atoms with Crippen molar-refractivity contribution in [1.29, 1.82) is 0 Å². The lowest BCUT2D eigenvalue weighted by molar-refractivity contribution is 0.0692. The number of carboxylic acids is 1. The van der Waals surface area contributed by atoms with Crippen molar-refractivity contribution in [2.24, 2.45) is 11.8 Å². The molecule has 2 atom stereocenters. The van der Waals surface area contributed by atoms with Crippen LogP contribution in [0.1, 0.15) is 29.6 Å². The predicted molar refractivity (Wildman–Crippen MR) is 74.8 cm³/mol. The number of carbonyl (C=O) groups is 2. The van der Waals surface area contributed by atoms with Crippen molar-refractivity contribution >= 4 is 17.7 Å². The number of likely N-dealkylation sites (tertiary alicyclic amines) is 1. The summed E-state index contributed by atoms with van der Waals surface area (Å²) in [6.07, 6.45) is 3.60. The Morgan fingerprint density at radius 1 is 1.24 bits per heavy atom. The lowest BCUT2D eigenvalue weighted by atomic mass is 10.0. The Morgan fingerprint density at radius 2 is 1.90 bits per heavy atom. The van der Waals surface area contributed by atoms with Gasteiger partial charge >= 0.3 is 12.0 Å². The van der Waals surface area contributed by atoms with Gasteiger partial charge in [-0.3, -0.25) is 0 Å². The van der Waals surface area contributed by atoms with Crippen LogP contribution in [0.15, 0.2) is 18.2 Å². The molecular weight excluding hydrogens is 275 g/mol. The van der Waals surface area contributed by atoms with Crippen LogP contribution in [0, 0.1) is 17.7 Å². The van der Waals surface area contributed by atoms with Crippen LogP contribution in [0.4, 0.5) is 14.9 Å². The van der Waals surface area contributed by atoms with E-state index in [1.54, 1.807) is 4.90 Å².